The van der Waals surface area contributed by atoms with Crippen LogP contribution in [0.1, 0.15) is 25.1 Å². The molecule has 116 valence electrons. The van der Waals surface area contributed by atoms with Crippen LogP contribution in [0.2, 0.25) is 0 Å². The van der Waals surface area contributed by atoms with E-state index in [1.165, 1.54) is 5.56 Å². The number of hydrogen-bond donors (Lipinski definition) is 1. The lowest BCUT2D eigenvalue weighted by molar-refractivity contribution is 0.232. The molecule has 0 atom stereocenters. The zero-order chi connectivity index (χ0) is 15.6. The maximum absolute atomic E-state index is 4.52. The zero-order valence-corrected chi connectivity index (χ0v) is 14.1. The summed E-state index contributed by atoms with van der Waals surface area (Å²) in [6.07, 6.45) is 1.94. The number of rotatable bonds is 6. The lowest BCUT2D eigenvalue weighted by Crippen LogP contribution is -2.37. The summed E-state index contributed by atoms with van der Waals surface area (Å²) in [6.45, 7) is 9.49. The maximum Gasteiger partial charge on any atom is 0.157 e. The number of aryl methyl sites for hydroxylation is 2. The number of nitrogens with one attached hydrogen (secondary N) is 1. The molecular weight excluding hydrogens is 262 g/mol. The quantitative estimate of drug-likeness (QED) is 0.883. The summed E-state index contributed by atoms with van der Waals surface area (Å²) >= 11 is 0. The monoisotopic (exact) mass is 289 g/mol. The molecule has 0 saturated carbocycles. The average molecular weight is 289 g/mol. The van der Waals surface area contributed by atoms with Crippen LogP contribution in [0.3, 0.4) is 0 Å². The molecule has 2 aromatic rings. The molecule has 2 rings (SSSR count). The molecular formula is C16H27N5. The second-order valence-corrected chi connectivity index (χ2v) is 6.93. The fourth-order valence-corrected chi connectivity index (χ4v) is 2.91. The fraction of sp³-hybridized carbons (Fsp3) is 0.625. The van der Waals surface area contributed by atoms with Gasteiger partial charge in [0.05, 0.1) is 5.69 Å². The van der Waals surface area contributed by atoms with Crippen molar-refractivity contribution in [3.8, 4) is 0 Å². The Bertz CT molecular complexity index is 612. The van der Waals surface area contributed by atoms with Crippen LogP contribution < -0.4 is 5.32 Å². The second-order valence-electron chi connectivity index (χ2n) is 6.93. The number of hydrogen-bond acceptors (Lipinski definition) is 4. The Kier molecular flexibility index (Phi) is 4.64. The van der Waals surface area contributed by atoms with E-state index >= 15 is 0 Å². The third kappa shape index (κ3) is 4.02. The van der Waals surface area contributed by atoms with Crippen molar-refractivity contribution < 1.29 is 0 Å². The molecule has 0 aliphatic carbocycles. The lowest BCUT2D eigenvalue weighted by atomic mass is 9.93. The van der Waals surface area contributed by atoms with E-state index in [2.05, 4.69) is 54.3 Å². The summed E-state index contributed by atoms with van der Waals surface area (Å²) in [5, 5.41) is 9.10. The van der Waals surface area contributed by atoms with Crippen molar-refractivity contribution in [2.45, 2.75) is 27.3 Å². The van der Waals surface area contributed by atoms with Crippen LogP contribution in [-0.2, 0) is 13.6 Å². The molecule has 0 radical (unpaired) electrons. The van der Waals surface area contributed by atoms with Gasteiger partial charge in [0, 0.05) is 38.3 Å². The summed E-state index contributed by atoms with van der Waals surface area (Å²) in [4.78, 5) is 6.75. The molecule has 0 bridgehead atoms. The SMILES string of the molecule is Cc1nn(C)c2ncc(CNCC(C)(C)CN(C)C)cc12. The van der Waals surface area contributed by atoms with Gasteiger partial charge >= 0.3 is 0 Å². The molecule has 0 amide bonds. The highest BCUT2D eigenvalue weighted by atomic mass is 15.3. The minimum atomic E-state index is 0.255. The van der Waals surface area contributed by atoms with Crippen molar-refractivity contribution in [1.82, 2.24) is 25.0 Å². The van der Waals surface area contributed by atoms with Crippen molar-refractivity contribution in [3.63, 3.8) is 0 Å². The average Bonchev–Trinajstić information content (AvgIpc) is 2.63. The molecule has 21 heavy (non-hydrogen) atoms. The predicted molar refractivity (Wildman–Crippen MR) is 87.3 cm³/mol. The van der Waals surface area contributed by atoms with Crippen LogP contribution in [0.4, 0.5) is 0 Å². The van der Waals surface area contributed by atoms with Gasteiger partial charge in [0.2, 0.25) is 0 Å². The van der Waals surface area contributed by atoms with Gasteiger partial charge in [-0.3, -0.25) is 4.68 Å². The van der Waals surface area contributed by atoms with Crippen LogP contribution in [-0.4, -0.2) is 46.8 Å². The maximum atomic E-state index is 4.52. The zero-order valence-electron chi connectivity index (χ0n) is 14.1. The Hall–Kier alpha value is -1.46. The molecule has 0 aliphatic rings. The third-order valence-electron chi connectivity index (χ3n) is 3.60. The van der Waals surface area contributed by atoms with Gasteiger partial charge in [-0.05, 0) is 38.1 Å². The van der Waals surface area contributed by atoms with Crippen molar-refractivity contribution >= 4 is 11.0 Å². The molecule has 0 aromatic carbocycles. The van der Waals surface area contributed by atoms with Crippen molar-refractivity contribution in [1.29, 1.82) is 0 Å². The smallest absolute Gasteiger partial charge is 0.157 e. The Morgan fingerprint density at radius 1 is 1.33 bits per heavy atom. The highest BCUT2D eigenvalue weighted by molar-refractivity contribution is 5.78. The predicted octanol–water partition coefficient (Wildman–Crippen LogP) is 1.95. The first-order valence-electron chi connectivity index (χ1n) is 7.42. The number of pyridine rings is 1. The number of aromatic nitrogens is 3. The van der Waals surface area contributed by atoms with Crippen LogP contribution in [0.15, 0.2) is 12.3 Å². The number of nitrogens with zero attached hydrogens (tertiary/aromatic N) is 4. The fourth-order valence-electron chi connectivity index (χ4n) is 2.91. The standard InChI is InChI=1S/C16H27N5/c1-12-14-7-13(9-18-15(14)21(6)19-12)8-17-10-16(2,3)11-20(4)5/h7,9,17H,8,10-11H2,1-6H3. The first-order valence-corrected chi connectivity index (χ1v) is 7.42. The van der Waals surface area contributed by atoms with Gasteiger partial charge < -0.3 is 10.2 Å². The third-order valence-corrected chi connectivity index (χ3v) is 3.60. The highest BCUT2D eigenvalue weighted by Gasteiger charge is 2.18. The van der Waals surface area contributed by atoms with Crippen LogP contribution in [0, 0.1) is 12.3 Å². The Morgan fingerprint density at radius 3 is 2.71 bits per heavy atom. The van der Waals surface area contributed by atoms with E-state index in [1.54, 1.807) is 0 Å². The molecule has 0 unspecified atom stereocenters. The topological polar surface area (TPSA) is 46.0 Å². The summed E-state index contributed by atoms with van der Waals surface area (Å²) in [6, 6.07) is 2.19. The van der Waals surface area contributed by atoms with Crippen molar-refractivity contribution in [3.05, 3.63) is 23.5 Å². The van der Waals surface area contributed by atoms with E-state index in [0.29, 0.717) is 0 Å². The largest absolute Gasteiger partial charge is 0.312 e. The van der Waals surface area contributed by atoms with Crippen LogP contribution in [0.25, 0.3) is 11.0 Å². The minimum absolute atomic E-state index is 0.255. The van der Waals surface area contributed by atoms with Gasteiger partial charge in [-0.25, -0.2) is 4.98 Å². The van der Waals surface area contributed by atoms with Crippen molar-refractivity contribution in [2.75, 3.05) is 27.2 Å². The molecule has 1 N–H and O–H groups in total. The van der Waals surface area contributed by atoms with Gasteiger partial charge in [-0.1, -0.05) is 13.8 Å². The molecule has 0 fully saturated rings. The summed E-state index contributed by atoms with van der Waals surface area (Å²) in [5.41, 5.74) is 3.45. The summed E-state index contributed by atoms with van der Waals surface area (Å²) < 4.78 is 1.84. The van der Waals surface area contributed by atoms with Gasteiger partial charge in [0.1, 0.15) is 0 Å². The Labute approximate surface area is 127 Å². The summed E-state index contributed by atoms with van der Waals surface area (Å²) in [7, 11) is 6.17. The minimum Gasteiger partial charge on any atom is -0.312 e. The number of fused-ring (bicyclic) bond motifs is 1. The molecule has 5 nitrogen and oxygen atoms in total. The molecule has 2 aromatic heterocycles. The van der Waals surface area contributed by atoms with Gasteiger partial charge in [0.25, 0.3) is 0 Å². The van der Waals surface area contributed by atoms with Crippen LogP contribution in [0.5, 0.6) is 0 Å². The van der Waals surface area contributed by atoms with E-state index in [9.17, 15) is 0 Å². The van der Waals surface area contributed by atoms with Crippen LogP contribution >= 0.6 is 0 Å². The van der Waals surface area contributed by atoms with E-state index in [-0.39, 0.29) is 5.41 Å². The molecule has 0 spiro atoms. The molecule has 5 heteroatoms. The van der Waals surface area contributed by atoms with Crippen molar-refractivity contribution in [2.24, 2.45) is 12.5 Å². The van der Waals surface area contributed by atoms with Gasteiger partial charge in [-0.2, -0.15) is 5.10 Å². The van der Waals surface area contributed by atoms with E-state index in [4.69, 9.17) is 0 Å². The van der Waals surface area contributed by atoms with Gasteiger partial charge in [-0.15, -0.1) is 0 Å². The Balaban J connectivity index is 1.99. The van der Waals surface area contributed by atoms with E-state index < -0.39 is 0 Å². The van der Waals surface area contributed by atoms with E-state index in [1.807, 2.05) is 24.9 Å². The molecule has 0 saturated heterocycles. The normalized spacial score (nSPS) is 12.5. The molecule has 0 aliphatic heterocycles. The molecule has 2 heterocycles. The first-order chi connectivity index (χ1) is 9.78. The van der Waals surface area contributed by atoms with Gasteiger partial charge in [0.15, 0.2) is 5.65 Å². The first kappa shape index (κ1) is 15.9. The Morgan fingerprint density at radius 2 is 2.05 bits per heavy atom. The lowest BCUT2D eigenvalue weighted by Gasteiger charge is -2.28. The highest BCUT2D eigenvalue weighted by Crippen LogP contribution is 2.17. The van der Waals surface area contributed by atoms with E-state index in [0.717, 1.165) is 36.4 Å². The second kappa shape index (κ2) is 6.12. The summed E-state index contributed by atoms with van der Waals surface area (Å²) in [5.74, 6) is 0.